The van der Waals surface area contributed by atoms with Crippen molar-refractivity contribution in [3.05, 3.63) is 65.7 Å². The monoisotopic (exact) mass is 387 g/mol. The lowest BCUT2D eigenvalue weighted by molar-refractivity contribution is -0.134. The highest BCUT2D eigenvalue weighted by molar-refractivity contribution is 7.91. The minimum atomic E-state index is -3.22. The Balaban J connectivity index is 1.50. The first kappa shape index (κ1) is 19.4. The molecule has 1 amide bonds. The van der Waals surface area contributed by atoms with Gasteiger partial charge in [-0.3, -0.25) is 4.79 Å². The van der Waals surface area contributed by atoms with Gasteiger partial charge < -0.3 is 9.64 Å². The Bertz CT molecular complexity index is 872. The van der Waals surface area contributed by atoms with Crippen molar-refractivity contribution in [2.45, 2.75) is 30.8 Å². The topological polar surface area (TPSA) is 63.7 Å². The lowest BCUT2D eigenvalue weighted by atomic mass is 10.1. The van der Waals surface area contributed by atoms with Crippen molar-refractivity contribution in [2.24, 2.45) is 0 Å². The molecule has 1 aliphatic rings. The molecular formula is C21H25NO4S. The zero-order chi connectivity index (χ0) is 19.3. The summed E-state index contributed by atoms with van der Waals surface area (Å²) in [5.41, 5.74) is 1.79. The van der Waals surface area contributed by atoms with Gasteiger partial charge in [-0.05, 0) is 37.0 Å². The fourth-order valence-corrected chi connectivity index (χ4v) is 5.16. The highest BCUT2D eigenvalue weighted by Crippen LogP contribution is 2.22. The molecule has 6 heteroatoms. The standard InChI is InChI=1S/C21H25NO4S/c1-17-7-5-6-10-20(17)26-15-21(23)22-13-11-19(12-14-22)27(24,25)16-18-8-3-2-4-9-18/h2-10,19H,11-16H2,1H3. The molecule has 0 N–H and O–H groups in total. The molecule has 0 aliphatic carbocycles. The summed E-state index contributed by atoms with van der Waals surface area (Å²) in [7, 11) is -3.22. The highest BCUT2D eigenvalue weighted by Gasteiger charge is 2.31. The van der Waals surface area contributed by atoms with Gasteiger partial charge in [0.1, 0.15) is 5.75 Å². The van der Waals surface area contributed by atoms with Crippen LogP contribution in [0.15, 0.2) is 54.6 Å². The maximum atomic E-state index is 12.7. The highest BCUT2D eigenvalue weighted by atomic mass is 32.2. The van der Waals surface area contributed by atoms with Gasteiger partial charge in [0.25, 0.3) is 5.91 Å². The molecule has 1 fully saturated rings. The molecule has 0 spiro atoms. The fourth-order valence-electron chi connectivity index (χ4n) is 3.34. The van der Waals surface area contributed by atoms with E-state index in [1.54, 1.807) is 4.90 Å². The molecule has 0 saturated carbocycles. The SMILES string of the molecule is Cc1ccccc1OCC(=O)N1CCC(S(=O)(=O)Cc2ccccc2)CC1. The minimum absolute atomic E-state index is 0.0215. The summed E-state index contributed by atoms with van der Waals surface area (Å²) in [5.74, 6) is 0.659. The fraction of sp³-hybridized carbons (Fsp3) is 0.381. The van der Waals surface area contributed by atoms with E-state index in [-0.39, 0.29) is 23.5 Å². The number of rotatable bonds is 6. The molecule has 3 rings (SSSR count). The van der Waals surface area contributed by atoms with Crippen LogP contribution in [0.5, 0.6) is 5.75 Å². The summed E-state index contributed by atoms with van der Waals surface area (Å²) in [5, 5.41) is -0.390. The molecule has 0 unspecified atom stereocenters. The van der Waals surface area contributed by atoms with Crippen LogP contribution in [0.4, 0.5) is 0 Å². The minimum Gasteiger partial charge on any atom is -0.484 e. The predicted molar refractivity (Wildman–Crippen MR) is 105 cm³/mol. The Morgan fingerprint density at radius 1 is 1.04 bits per heavy atom. The Hall–Kier alpha value is -2.34. The summed E-state index contributed by atoms with van der Waals surface area (Å²) in [6.07, 6.45) is 0.955. The van der Waals surface area contributed by atoms with Crippen LogP contribution in [0, 0.1) is 6.92 Å². The van der Waals surface area contributed by atoms with E-state index in [1.165, 1.54) is 0 Å². The van der Waals surface area contributed by atoms with E-state index < -0.39 is 9.84 Å². The van der Waals surface area contributed by atoms with Crippen molar-refractivity contribution in [1.82, 2.24) is 4.90 Å². The van der Waals surface area contributed by atoms with Crippen LogP contribution in [-0.4, -0.2) is 44.2 Å². The molecule has 27 heavy (non-hydrogen) atoms. The second kappa shape index (κ2) is 8.57. The summed E-state index contributed by atoms with van der Waals surface area (Å²) >= 11 is 0. The summed E-state index contributed by atoms with van der Waals surface area (Å²) in [6.45, 7) is 2.82. The van der Waals surface area contributed by atoms with Gasteiger partial charge >= 0.3 is 0 Å². The van der Waals surface area contributed by atoms with Crippen LogP contribution < -0.4 is 4.74 Å². The average molecular weight is 388 g/mol. The van der Waals surface area contributed by atoms with E-state index in [2.05, 4.69) is 0 Å². The largest absolute Gasteiger partial charge is 0.484 e. The van der Waals surface area contributed by atoms with Crippen LogP contribution >= 0.6 is 0 Å². The van der Waals surface area contributed by atoms with E-state index in [9.17, 15) is 13.2 Å². The first-order valence-electron chi connectivity index (χ1n) is 9.17. The lowest BCUT2D eigenvalue weighted by Crippen LogP contribution is -2.44. The number of hydrogen-bond acceptors (Lipinski definition) is 4. The van der Waals surface area contributed by atoms with Crippen molar-refractivity contribution in [1.29, 1.82) is 0 Å². The molecule has 0 bridgehead atoms. The third kappa shape index (κ3) is 5.10. The van der Waals surface area contributed by atoms with Crippen LogP contribution in [0.2, 0.25) is 0 Å². The van der Waals surface area contributed by atoms with Gasteiger partial charge in [0.05, 0.1) is 11.0 Å². The number of amides is 1. The van der Waals surface area contributed by atoms with Crippen molar-refractivity contribution in [3.63, 3.8) is 0 Å². The molecule has 1 heterocycles. The number of piperidine rings is 1. The van der Waals surface area contributed by atoms with E-state index >= 15 is 0 Å². The Kier molecular flexibility index (Phi) is 6.16. The molecule has 0 radical (unpaired) electrons. The summed E-state index contributed by atoms with van der Waals surface area (Å²) in [6, 6.07) is 16.8. The first-order valence-corrected chi connectivity index (χ1v) is 10.9. The third-order valence-corrected chi connectivity index (χ3v) is 7.18. The van der Waals surface area contributed by atoms with Gasteiger partial charge in [-0.25, -0.2) is 8.42 Å². The number of nitrogens with zero attached hydrogens (tertiary/aromatic N) is 1. The lowest BCUT2D eigenvalue weighted by Gasteiger charge is -2.31. The number of benzene rings is 2. The molecule has 5 nitrogen and oxygen atoms in total. The maximum Gasteiger partial charge on any atom is 0.260 e. The Labute approximate surface area is 160 Å². The van der Waals surface area contributed by atoms with E-state index in [1.807, 2.05) is 61.5 Å². The molecule has 2 aromatic rings. The number of carbonyl (C=O) groups excluding carboxylic acids is 1. The smallest absolute Gasteiger partial charge is 0.260 e. The molecule has 144 valence electrons. The molecule has 0 aromatic heterocycles. The van der Waals surface area contributed by atoms with Crippen molar-refractivity contribution >= 4 is 15.7 Å². The second-order valence-corrected chi connectivity index (χ2v) is 9.21. The Morgan fingerprint density at radius 2 is 1.67 bits per heavy atom. The maximum absolute atomic E-state index is 12.7. The van der Waals surface area contributed by atoms with Crippen molar-refractivity contribution in [2.75, 3.05) is 19.7 Å². The zero-order valence-electron chi connectivity index (χ0n) is 15.5. The molecule has 0 atom stereocenters. The van der Waals surface area contributed by atoms with Gasteiger partial charge in [-0.2, -0.15) is 0 Å². The van der Waals surface area contributed by atoms with Crippen LogP contribution in [0.25, 0.3) is 0 Å². The van der Waals surface area contributed by atoms with Gasteiger partial charge in [0.15, 0.2) is 16.4 Å². The number of likely N-dealkylation sites (tertiary alicyclic amines) is 1. The normalized spacial score (nSPS) is 15.5. The van der Waals surface area contributed by atoms with Crippen LogP contribution in [0.3, 0.4) is 0 Å². The quantitative estimate of drug-likeness (QED) is 0.764. The number of carbonyl (C=O) groups is 1. The third-order valence-electron chi connectivity index (χ3n) is 4.96. The number of ether oxygens (including phenoxy) is 1. The zero-order valence-corrected chi connectivity index (χ0v) is 16.3. The van der Waals surface area contributed by atoms with E-state index in [4.69, 9.17) is 4.74 Å². The number of para-hydroxylation sites is 1. The second-order valence-electron chi connectivity index (χ2n) is 6.93. The van der Waals surface area contributed by atoms with Crippen molar-refractivity contribution in [3.8, 4) is 5.75 Å². The molecule has 1 saturated heterocycles. The predicted octanol–water partition coefficient (Wildman–Crippen LogP) is 2.98. The van der Waals surface area contributed by atoms with E-state index in [0.29, 0.717) is 31.7 Å². The first-order chi connectivity index (χ1) is 13.0. The average Bonchev–Trinajstić information content (AvgIpc) is 2.68. The van der Waals surface area contributed by atoms with Gasteiger partial charge in [0.2, 0.25) is 0 Å². The van der Waals surface area contributed by atoms with Crippen molar-refractivity contribution < 1.29 is 17.9 Å². The number of hydrogen-bond donors (Lipinski definition) is 0. The van der Waals surface area contributed by atoms with Gasteiger partial charge in [0, 0.05) is 13.1 Å². The molecular weight excluding hydrogens is 362 g/mol. The summed E-state index contributed by atoms with van der Waals surface area (Å²) in [4.78, 5) is 14.1. The van der Waals surface area contributed by atoms with Crippen LogP contribution in [-0.2, 0) is 20.4 Å². The molecule has 2 aromatic carbocycles. The van der Waals surface area contributed by atoms with Gasteiger partial charge in [-0.1, -0.05) is 48.5 Å². The molecule has 1 aliphatic heterocycles. The number of aryl methyl sites for hydroxylation is 1. The van der Waals surface area contributed by atoms with Crippen LogP contribution in [0.1, 0.15) is 24.0 Å². The summed E-state index contributed by atoms with van der Waals surface area (Å²) < 4.78 is 30.9. The van der Waals surface area contributed by atoms with Gasteiger partial charge in [-0.15, -0.1) is 0 Å². The van der Waals surface area contributed by atoms with E-state index in [0.717, 1.165) is 11.1 Å². The Morgan fingerprint density at radius 3 is 2.33 bits per heavy atom. The number of sulfone groups is 1.